The van der Waals surface area contributed by atoms with Crippen molar-refractivity contribution in [1.82, 2.24) is 0 Å². The van der Waals surface area contributed by atoms with Crippen LogP contribution in [0.4, 0.5) is 0 Å². The first kappa shape index (κ1) is 9.25. The number of benzene rings is 2. The Hall–Kier alpha value is -1.80. The van der Waals surface area contributed by atoms with Crippen molar-refractivity contribution in [2.45, 2.75) is 9.79 Å². The van der Waals surface area contributed by atoms with Gasteiger partial charge in [0.15, 0.2) is 6.20 Å². The molecule has 0 saturated carbocycles. The van der Waals surface area contributed by atoms with E-state index in [1.165, 1.54) is 26.4 Å². The van der Waals surface area contributed by atoms with Crippen LogP contribution < -0.4 is 4.57 Å². The number of aromatic nitrogens is 1. The molecule has 0 N–H and O–H groups in total. The minimum absolute atomic E-state index is 1.28. The molecule has 0 spiro atoms. The molecule has 3 aromatic rings. The van der Waals surface area contributed by atoms with Crippen molar-refractivity contribution in [3.63, 3.8) is 0 Å². The Bertz CT molecular complexity index is 729. The van der Waals surface area contributed by atoms with E-state index in [1.54, 1.807) is 0 Å². The lowest BCUT2D eigenvalue weighted by Crippen LogP contribution is -2.33. The number of pyridine rings is 1. The normalized spacial score (nSPS) is 12.5. The minimum atomic E-state index is 1.28. The highest BCUT2D eigenvalue weighted by Gasteiger charge is 2.25. The van der Waals surface area contributed by atoms with Crippen LogP contribution in [-0.2, 0) is 0 Å². The Morgan fingerprint density at radius 3 is 2.59 bits per heavy atom. The lowest BCUT2D eigenvalue weighted by molar-refractivity contribution is -0.571. The van der Waals surface area contributed by atoms with Gasteiger partial charge >= 0.3 is 0 Å². The Balaban J connectivity index is 2.22. The summed E-state index contributed by atoms with van der Waals surface area (Å²) < 4.78 is 2.29. The van der Waals surface area contributed by atoms with Crippen LogP contribution >= 0.6 is 11.8 Å². The minimum Gasteiger partial charge on any atom is -0.158 e. The Labute approximate surface area is 104 Å². The first-order valence-electron chi connectivity index (χ1n) is 5.64. The van der Waals surface area contributed by atoms with E-state index in [0.717, 1.165) is 0 Å². The fraction of sp³-hybridized carbons (Fsp3) is 0. The molecular weight excluding hydrogens is 226 g/mol. The van der Waals surface area contributed by atoms with Crippen LogP contribution in [0.2, 0.25) is 0 Å². The Morgan fingerprint density at radius 2 is 1.59 bits per heavy atom. The molecule has 0 saturated heterocycles. The predicted octanol–water partition coefficient (Wildman–Crippen LogP) is 3.58. The number of hydrogen-bond acceptors (Lipinski definition) is 1. The van der Waals surface area contributed by atoms with Crippen molar-refractivity contribution in [2.24, 2.45) is 0 Å². The fourth-order valence-corrected chi connectivity index (χ4v) is 3.50. The SMILES string of the molecule is c1ccc2c(c1)Sc1cccc3ccc[n+]-2c13. The highest BCUT2D eigenvalue weighted by Crippen LogP contribution is 2.37. The maximum Gasteiger partial charge on any atom is 0.232 e. The molecule has 0 bridgehead atoms. The largest absolute Gasteiger partial charge is 0.232 e. The number of nitrogens with zero attached hydrogens (tertiary/aromatic N) is 1. The summed E-state index contributed by atoms with van der Waals surface area (Å²) in [5.41, 5.74) is 2.60. The molecular formula is C15H10NS+. The maximum atomic E-state index is 2.29. The van der Waals surface area contributed by atoms with Crippen molar-refractivity contribution < 1.29 is 4.57 Å². The topological polar surface area (TPSA) is 3.88 Å². The second kappa shape index (κ2) is 3.34. The third kappa shape index (κ3) is 1.25. The molecule has 2 heteroatoms. The highest BCUT2D eigenvalue weighted by atomic mass is 32.2. The standard InChI is InChI=1S/C15H10NS/c1-2-8-13-12(7-1)16-10-4-6-11-5-3-9-14(17-13)15(11)16/h1-10H/q+1. The number of hydrogen-bond donors (Lipinski definition) is 0. The molecule has 2 heterocycles. The van der Waals surface area contributed by atoms with Crippen LogP contribution in [0.5, 0.6) is 0 Å². The van der Waals surface area contributed by atoms with Crippen molar-refractivity contribution in [3.8, 4) is 5.69 Å². The van der Waals surface area contributed by atoms with Gasteiger partial charge in [-0.1, -0.05) is 30.0 Å². The van der Waals surface area contributed by atoms with E-state index in [-0.39, 0.29) is 0 Å². The lowest BCUT2D eigenvalue weighted by atomic mass is 10.2. The van der Waals surface area contributed by atoms with E-state index in [2.05, 4.69) is 65.4 Å². The molecule has 2 aromatic carbocycles. The monoisotopic (exact) mass is 236 g/mol. The van der Waals surface area contributed by atoms with Gasteiger partial charge in [0.05, 0.1) is 9.79 Å². The zero-order valence-corrected chi connectivity index (χ0v) is 9.95. The Morgan fingerprint density at radius 1 is 0.765 bits per heavy atom. The van der Waals surface area contributed by atoms with E-state index in [9.17, 15) is 0 Å². The van der Waals surface area contributed by atoms with Crippen molar-refractivity contribution in [3.05, 3.63) is 60.8 Å². The van der Waals surface area contributed by atoms with Crippen molar-refractivity contribution >= 4 is 22.7 Å². The highest BCUT2D eigenvalue weighted by molar-refractivity contribution is 7.99. The van der Waals surface area contributed by atoms with Gasteiger partial charge in [0, 0.05) is 17.5 Å². The first-order valence-corrected chi connectivity index (χ1v) is 6.46. The molecule has 0 fully saturated rings. The summed E-state index contributed by atoms with van der Waals surface area (Å²) >= 11 is 1.85. The maximum absolute atomic E-state index is 2.29. The summed E-state index contributed by atoms with van der Waals surface area (Å²) in [6, 6.07) is 19.3. The molecule has 0 atom stereocenters. The number of para-hydroxylation sites is 2. The zero-order valence-electron chi connectivity index (χ0n) is 9.13. The van der Waals surface area contributed by atoms with Crippen LogP contribution in [-0.4, -0.2) is 0 Å². The zero-order chi connectivity index (χ0) is 11.2. The van der Waals surface area contributed by atoms with E-state index in [1.807, 2.05) is 11.8 Å². The molecule has 17 heavy (non-hydrogen) atoms. The van der Waals surface area contributed by atoms with E-state index < -0.39 is 0 Å². The van der Waals surface area contributed by atoms with Gasteiger partial charge in [-0.2, -0.15) is 4.57 Å². The molecule has 0 amide bonds. The summed E-state index contributed by atoms with van der Waals surface area (Å²) in [6.45, 7) is 0. The first-order chi connectivity index (χ1) is 8.43. The van der Waals surface area contributed by atoms with E-state index in [4.69, 9.17) is 0 Å². The van der Waals surface area contributed by atoms with Crippen LogP contribution in [0.3, 0.4) is 0 Å². The van der Waals surface area contributed by atoms with Gasteiger partial charge in [-0.05, 0) is 24.3 Å². The summed E-state index contributed by atoms with van der Waals surface area (Å²) in [5, 5.41) is 1.30. The molecule has 4 rings (SSSR count). The summed E-state index contributed by atoms with van der Waals surface area (Å²) in [7, 11) is 0. The lowest BCUT2D eigenvalue weighted by Gasteiger charge is -2.13. The van der Waals surface area contributed by atoms with Gasteiger partial charge in [-0.25, -0.2) is 0 Å². The van der Waals surface area contributed by atoms with Gasteiger partial charge in [0.25, 0.3) is 0 Å². The average Bonchev–Trinajstić information content (AvgIpc) is 2.39. The smallest absolute Gasteiger partial charge is 0.158 e. The molecule has 0 radical (unpaired) electrons. The molecule has 1 aliphatic rings. The molecule has 80 valence electrons. The second-order valence-corrected chi connectivity index (χ2v) is 5.23. The molecule has 1 nitrogen and oxygen atoms in total. The summed E-state index contributed by atoms with van der Waals surface area (Å²) in [5.74, 6) is 0. The number of rotatable bonds is 0. The van der Waals surface area contributed by atoms with Gasteiger partial charge in [0.1, 0.15) is 0 Å². The third-order valence-electron chi connectivity index (χ3n) is 3.13. The van der Waals surface area contributed by atoms with Crippen LogP contribution in [0.1, 0.15) is 0 Å². The third-order valence-corrected chi connectivity index (χ3v) is 4.24. The fourth-order valence-electron chi connectivity index (χ4n) is 2.38. The predicted molar refractivity (Wildman–Crippen MR) is 69.6 cm³/mol. The molecule has 0 aliphatic carbocycles. The summed E-state index contributed by atoms with van der Waals surface area (Å²) in [6.07, 6.45) is 2.14. The molecule has 1 aromatic heterocycles. The Kier molecular flexibility index (Phi) is 1.82. The van der Waals surface area contributed by atoms with E-state index in [0.29, 0.717) is 0 Å². The number of fused-ring (bicyclic) bond motifs is 2. The van der Waals surface area contributed by atoms with Crippen LogP contribution in [0.15, 0.2) is 70.6 Å². The van der Waals surface area contributed by atoms with E-state index >= 15 is 0 Å². The van der Waals surface area contributed by atoms with Gasteiger partial charge in [-0.3, -0.25) is 0 Å². The van der Waals surface area contributed by atoms with Crippen LogP contribution in [0.25, 0.3) is 16.6 Å². The second-order valence-electron chi connectivity index (χ2n) is 4.14. The molecule has 0 unspecified atom stereocenters. The summed E-state index contributed by atoms with van der Waals surface area (Å²) in [4.78, 5) is 2.66. The quantitative estimate of drug-likeness (QED) is 0.422. The van der Waals surface area contributed by atoms with Gasteiger partial charge in [0.2, 0.25) is 11.2 Å². The van der Waals surface area contributed by atoms with Crippen LogP contribution in [0, 0.1) is 0 Å². The average molecular weight is 236 g/mol. The van der Waals surface area contributed by atoms with Crippen molar-refractivity contribution in [2.75, 3.05) is 0 Å². The van der Waals surface area contributed by atoms with Gasteiger partial charge < -0.3 is 0 Å². The molecule has 1 aliphatic heterocycles. The van der Waals surface area contributed by atoms with Crippen molar-refractivity contribution in [1.29, 1.82) is 0 Å². The van der Waals surface area contributed by atoms with Gasteiger partial charge in [-0.15, -0.1) is 0 Å².